The van der Waals surface area contributed by atoms with Crippen LogP contribution in [0.2, 0.25) is 0 Å². The van der Waals surface area contributed by atoms with E-state index in [4.69, 9.17) is 4.74 Å². The van der Waals surface area contributed by atoms with E-state index in [1.165, 1.54) is 19.8 Å². The highest BCUT2D eigenvalue weighted by Gasteiger charge is 2.38. The Bertz CT molecular complexity index is 542. The molecule has 0 aliphatic heterocycles. The van der Waals surface area contributed by atoms with Crippen LogP contribution in [0.15, 0.2) is 24.3 Å². The minimum atomic E-state index is 0.0313. The first kappa shape index (κ1) is 15.1. The summed E-state index contributed by atoms with van der Waals surface area (Å²) in [5.41, 5.74) is 0.657. The molecule has 0 unspecified atom stereocenters. The Morgan fingerprint density at radius 1 is 1.05 bits per heavy atom. The molecule has 4 nitrogen and oxygen atoms in total. The SMILES string of the molecule is CC(=O)c1ccc(OCC(=O)N(C2CCCC2)C2CC2)cc1. The molecule has 0 N–H and O–H groups in total. The van der Waals surface area contributed by atoms with Crippen LogP contribution < -0.4 is 4.74 Å². The van der Waals surface area contributed by atoms with Gasteiger partial charge in [0.25, 0.3) is 5.91 Å². The number of amides is 1. The van der Waals surface area contributed by atoms with Gasteiger partial charge in [-0.1, -0.05) is 12.8 Å². The Balaban J connectivity index is 1.57. The number of carbonyl (C=O) groups excluding carboxylic acids is 2. The lowest BCUT2D eigenvalue weighted by atomic mass is 10.1. The molecule has 2 saturated carbocycles. The first-order valence-corrected chi connectivity index (χ1v) is 8.20. The third kappa shape index (κ3) is 3.49. The van der Waals surface area contributed by atoms with E-state index in [1.807, 2.05) is 0 Å². The zero-order valence-corrected chi connectivity index (χ0v) is 13.1. The van der Waals surface area contributed by atoms with E-state index in [1.54, 1.807) is 24.3 Å². The maximum absolute atomic E-state index is 12.5. The molecule has 4 heteroatoms. The van der Waals surface area contributed by atoms with Gasteiger partial charge in [0, 0.05) is 17.6 Å². The van der Waals surface area contributed by atoms with Crippen molar-refractivity contribution in [1.29, 1.82) is 0 Å². The largest absolute Gasteiger partial charge is 0.484 e. The lowest BCUT2D eigenvalue weighted by molar-refractivity contribution is -0.136. The fourth-order valence-electron chi connectivity index (χ4n) is 3.25. The van der Waals surface area contributed by atoms with E-state index < -0.39 is 0 Å². The second-order valence-electron chi connectivity index (χ2n) is 6.34. The van der Waals surface area contributed by atoms with Crippen LogP contribution in [-0.2, 0) is 4.79 Å². The zero-order valence-electron chi connectivity index (χ0n) is 13.1. The predicted molar refractivity (Wildman–Crippen MR) is 84.1 cm³/mol. The van der Waals surface area contributed by atoms with Gasteiger partial charge in [0.05, 0.1) is 0 Å². The van der Waals surface area contributed by atoms with E-state index in [2.05, 4.69) is 4.90 Å². The Kier molecular flexibility index (Phi) is 4.46. The van der Waals surface area contributed by atoms with Crippen molar-refractivity contribution in [2.45, 2.75) is 57.5 Å². The van der Waals surface area contributed by atoms with Gasteiger partial charge in [0.15, 0.2) is 12.4 Å². The minimum absolute atomic E-state index is 0.0313. The molecule has 1 aromatic carbocycles. The average Bonchev–Trinajstić information content (AvgIpc) is 3.20. The van der Waals surface area contributed by atoms with Crippen LogP contribution in [-0.4, -0.2) is 35.3 Å². The smallest absolute Gasteiger partial charge is 0.261 e. The summed E-state index contributed by atoms with van der Waals surface area (Å²) in [4.78, 5) is 25.8. The summed E-state index contributed by atoms with van der Waals surface area (Å²) in [5, 5.41) is 0. The van der Waals surface area contributed by atoms with Gasteiger partial charge < -0.3 is 9.64 Å². The number of ether oxygens (including phenoxy) is 1. The van der Waals surface area contributed by atoms with Crippen LogP contribution in [0, 0.1) is 0 Å². The second kappa shape index (κ2) is 6.51. The van der Waals surface area contributed by atoms with Crippen molar-refractivity contribution in [3.8, 4) is 5.75 Å². The molecule has 0 saturated heterocycles. The van der Waals surface area contributed by atoms with Crippen molar-refractivity contribution in [2.24, 2.45) is 0 Å². The van der Waals surface area contributed by atoms with Gasteiger partial charge in [-0.05, 0) is 56.9 Å². The summed E-state index contributed by atoms with van der Waals surface area (Å²) in [6.07, 6.45) is 7.00. The van der Waals surface area contributed by atoms with E-state index >= 15 is 0 Å². The molecular formula is C18H23NO3. The van der Waals surface area contributed by atoms with Gasteiger partial charge in [-0.3, -0.25) is 9.59 Å². The Labute approximate surface area is 131 Å². The minimum Gasteiger partial charge on any atom is -0.484 e. The van der Waals surface area contributed by atoms with Gasteiger partial charge in [-0.25, -0.2) is 0 Å². The first-order valence-electron chi connectivity index (χ1n) is 8.20. The van der Waals surface area contributed by atoms with Crippen molar-refractivity contribution in [2.75, 3.05) is 6.61 Å². The number of hydrogen-bond donors (Lipinski definition) is 0. The number of hydrogen-bond acceptors (Lipinski definition) is 3. The van der Waals surface area contributed by atoms with E-state index in [0.29, 0.717) is 23.4 Å². The predicted octanol–water partition coefficient (Wildman–Crippen LogP) is 3.20. The summed E-state index contributed by atoms with van der Waals surface area (Å²) in [7, 11) is 0. The molecule has 2 aliphatic carbocycles. The highest BCUT2D eigenvalue weighted by molar-refractivity contribution is 5.94. The summed E-state index contributed by atoms with van der Waals surface area (Å²) in [5.74, 6) is 0.773. The number of ketones is 1. The summed E-state index contributed by atoms with van der Waals surface area (Å²) < 4.78 is 5.62. The van der Waals surface area contributed by atoms with Gasteiger partial charge in [-0.2, -0.15) is 0 Å². The molecule has 2 aliphatic rings. The highest BCUT2D eigenvalue weighted by Crippen LogP contribution is 2.34. The summed E-state index contributed by atoms with van der Waals surface area (Å²) >= 11 is 0. The molecule has 0 aromatic heterocycles. The van der Waals surface area contributed by atoms with Crippen LogP contribution in [0.4, 0.5) is 0 Å². The summed E-state index contributed by atoms with van der Waals surface area (Å²) in [6, 6.07) is 7.83. The molecule has 118 valence electrons. The highest BCUT2D eigenvalue weighted by atomic mass is 16.5. The number of carbonyl (C=O) groups is 2. The molecule has 0 radical (unpaired) electrons. The molecule has 0 atom stereocenters. The molecule has 0 spiro atoms. The van der Waals surface area contributed by atoms with E-state index in [9.17, 15) is 9.59 Å². The van der Waals surface area contributed by atoms with Gasteiger partial charge in [0.2, 0.25) is 0 Å². The number of rotatable bonds is 6. The molecule has 22 heavy (non-hydrogen) atoms. The lowest BCUT2D eigenvalue weighted by Gasteiger charge is -2.29. The third-order valence-corrected chi connectivity index (χ3v) is 4.57. The quantitative estimate of drug-likeness (QED) is 0.758. The molecule has 0 bridgehead atoms. The number of benzene rings is 1. The van der Waals surface area contributed by atoms with Crippen molar-refractivity contribution in [3.63, 3.8) is 0 Å². The molecular weight excluding hydrogens is 278 g/mol. The van der Waals surface area contributed by atoms with Crippen molar-refractivity contribution in [3.05, 3.63) is 29.8 Å². The maximum Gasteiger partial charge on any atom is 0.261 e. The number of Topliss-reactive ketones (excluding diaryl/α,β-unsaturated/α-hetero) is 1. The van der Waals surface area contributed by atoms with Crippen molar-refractivity contribution in [1.82, 2.24) is 4.90 Å². The average molecular weight is 301 g/mol. The van der Waals surface area contributed by atoms with Gasteiger partial charge >= 0.3 is 0 Å². The van der Waals surface area contributed by atoms with Gasteiger partial charge in [0.1, 0.15) is 5.75 Å². The van der Waals surface area contributed by atoms with Crippen LogP contribution in [0.25, 0.3) is 0 Å². The lowest BCUT2D eigenvalue weighted by Crippen LogP contribution is -2.43. The Morgan fingerprint density at radius 2 is 1.64 bits per heavy atom. The van der Waals surface area contributed by atoms with Gasteiger partial charge in [-0.15, -0.1) is 0 Å². The third-order valence-electron chi connectivity index (χ3n) is 4.57. The van der Waals surface area contributed by atoms with Crippen LogP contribution in [0.5, 0.6) is 5.75 Å². The van der Waals surface area contributed by atoms with Crippen LogP contribution in [0.3, 0.4) is 0 Å². The second-order valence-corrected chi connectivity index (χ2v) is 6.34. The standard InChI is InChI=1S/C18H23NO3/c1-13(20)14-6-10-17(11-7-14)22-12-18(21)19(16-8-9-16)15-4-2-3-5-15/h6-7,10-11,15-16H,2-5,8-9,12H2,1H3. The number of nitrogens with zero attached hydrogens (tertiary/aromatic N) is 1. The van der Waals surface area contributed by atoms with E-state index in [0.717, 1.165) is 25.7 Å². The molecule has 1 amide bonds. The fourth-order valence-corrected chi connectivity index (χ4v) is 3.25. The molecule has 2 fully saturated rings. The Hall–Kier alpha value is -1.84. The molecule has 1 aromatic rings. The van der Waals surface area contributed by atoms with E-state index in [-0.39, 0.29) is 18.3 Å². The van der Waals surface area contributed by atoms with Crippen LogP contribution >= 0.6 is 0 Å². The zero-order chi connectivity index (χ0) is 15.5. The van der Waals surface area contributed by atoms with Crippen molar-refractivity contribution < 1.29 is 14.3 Å². The summed E-state index contributed by atoms with van der Waals surface area (Å²) in [6.45, 7) is 1.63. The monoisotopic (exact) mass is 301 g/mol. The van der Waals surface area contributed by atoms with Crippen molar-refractivity contribution >= 4 is 11.7 Å². The van der Waals surface area contributed by atoms with Crippen LogP contribution in [0.1, 0.15) is 55.8 Å². The topological polar surface area (TPSA) is 46.6 Å². The first-order chi connectivity index (χ1) is 10.6. The molecule has 0 heterocycles. The maximum atomic E-state index is 12.5. The molecule has 3 rings (SSSR count). The normalized spacial score (nSPS) is 18.2. The fraction of sp³-hybridized carbons (Fsp3) is 0.556. The Morgan fingerprint density at radius 3 is 2.18 bits per heavy atom.